The minimum Gasteiger partial charge on any atom is -0.326 e. The Morgan fingerprint density at radius 2 is 1.77 bits per heavy atom. The first-order valence-corrected chi connectivity index (χ1v) is 9.20. The number of para-hydroxylation sites is 1. The Morgan fingerprint density at radius 1 is 1.12 bits per heavy atom. The summed E-state index contributed by atoms with van der Waals surface area (Å²) >= 11 is 11.9. The molecular formula is C20H22Cl2N2O2. The zero-order valence-electron chi connectivity index (χ0n) is 15.1. The summed E-state index contributed by atoms with van der Waals surface area (Å²) in [5.74, 6) is -0.297. The Kier molecular flexibility index (Phi) is 7.06. The van der Waals surface area contributed by atoms with Crippen molar-refractivity contribution in [2.75, 3.05) is 16.8 Å². The van der Waals surface area contributed by atoms with Crippen molar-refractivity contribution in [3.63, 3.8) is 0 Å². The van der Waals surface area contributed by atoms with Crippen LogP contribution in [0.2, 0.25) is 10.0 Å². The van der Waals surface area contributed by atoms with Crippen LogP contribution in [0, 0.1) is 6.92 Å². The maximum Gasteiger partial charge on any atom is 0.226 e. The van der Waals surface area contributed by atoms with Crippen LogP contribution in [0.3, 0.4) is 0 Å². The van der Waals surface area contributed by atoms with Gasteiger partial charge in [0.15, 0.2) is 0 Å². The van der Waals surface area contributed by atoms with Crippen molar-refractivity contribution in [1.82, 2.24) is 0 Å². The highest BCUT2D eigenvalue weighted by atomic mass is 35.5. The number of halogens is 2. The largest absolute Gasteiger partial charge is 0.326 e. The van der Waals surface area contributed by atoms with Crippen LogP contribution in [0.4, 0.5) is 11.4 Å². The second kappa shape index (κ2) is 9.06. The highest BCUT2D eigenvalue weighted by Crippen LogP contribution is 2.27. The number of carbonyl (C=O) groups excluding carboxylic acids is 2. The van der Waals surface area contributed by atoms with Gasteiger partial charge in [0.25, 0.3) is 0 Å². The summed E-state index contributed by atoms with van der Waals surface area (Å²) in [5, 5.41) is 3.67. The van der Waals surface area contributed by atoms with Gasteiger partial charge >= 0.3 is 0 Å². The van der Waals surface area contributed by atoms with E-state index in [0.717, 1.165) is 23.2 Å². The van der Waals surface area contributed by atoms with E-state index in [0.29, 0.717) is 22.3 Å². The molecule has 2 aromatic rings. The number of rotatable bonds is 6. The van der Waals surface area contributed by atoms with E-state index in [1.165, 1.54) is 6.92 Å². The summed E-state index contributed by atoms with van der Waals surface area (Å²) in [6.07, 6.45) is 0.981. The molecule has 0 bridgehead atoms. The first kappa shape index (κ1) is 20.3. The van der Waals surface area contributed by atoms with Gasteiger partial charge in [-0.2, -0.15) is 0 Å². The Bertz CT molecular complexity index is 801. The molecule has 0 aromatic heterocycles. The van der Waals surface area contributed by atoms with Crippen molar-refractivity contribution in [2.45, 2.75) is 33.6 Å². The summed E-state index contributed by atoms with van der Waals surface area (Å²) in [6.45, 7) is 5.83. The van der Waals surface area contributed by atoms with Crippen LogP contribution in [-0.4, -0.2) is 18.4 Å². The van der Waals surface area contributed by atoms with Crippen LogP contribution < -0.4 is 10.2 Å². The lowest BCUT2D eigenvalue weighted by Crippen LogP contribution is -2.33. The number of carbonyl (C=O) groups is 2. The van der Waals surface area contributed by atoms with Crippen molar-refractivity contribution < 1.29 is 9.59 Å². The average Bonchev–Trinajstić information content (AvgIpc) is 2.54. The van der Waals surface area contributed by atoms with E-state index in [1.807, 2.05) is 32.0 Å². The SMILES string of the molecule is CCc1cccc(C)c1N(CCC(=O)Nc1cc(Cl)cc(Cl)c1)C(C)=O. The third kappa shape index (κ3) is 5.23. The molecule has 6 heteroatoms. The zero-order chi connectivity index (χ0) is 19.3. The number of amides is 2. The molecule has 0 saturated heterocycles. The standard InChI is InChI=1S/C20H22Cl2N2O2/c1-4-15-7-5-6-13(2)20(15)24(14(3)25)9-8-19(26)23-18-11-16(21)10-17(22)12-18/h5-7,10-12H,4,8-9H2,1-3H3,(H,23,26). The molecule has 26 heavy (non-hydrogen) atoms. The molecule has 4 nitrogen and oxygen atoms in total. The average molecular weight is 393 g/mol. The van der Waals surface area contributed by atoms with Gasteiger partial charge in [0.05, 0.1) is 0 Å². The molecule has 2 amide bonds. The molecule has 0 fully saturated rings. The lowest BCUT2D eigenvalue weighted by Gasteiger charge is -2.25. The molecule has 0 saturated carbocycles. The van der Waals surface area contributed by atoms with Gasteiger partial charge in [-0.3, -0.25) is 9.59 Å². The van der Waals surface area contributed by atoms with E-state index >= 15 is 0 Å². The van der Waals surface area contributed by atoms with Gasteiger partial charge in [0.2, 0.25) is 11.8 Å². The Balaban J connectivity index is 2.12. The summed E-state index contributed by atoms with van der Waals surface area (Å²) in [6, 6.07) is 10.8. The van der Waals surface area contributed by atoms with Gasteiger partial charge in [0, 0.05) is 41.3 Å². The fourth-order valence-corrected chi connectivity index (χ4v) is 3.41. The van der Waals surface area contributed by atoms with E-state index in [1.54, 1.807) is 23.1 Å². The van der Waals surface area contributed by atoms with Crippen LogP contribution >= 0.6 is 23.2 Å². The molecule has 0 aliphatic heterocycles. The number of hydrogen-bond donors (Lipinski definition) is 1. The number of nitrogens with zero attached hydrogens (tertiary/aromatic N) is 1. The Morgan fingerprint density at radius 3 is 2.35 bits per heavy atom. The third-order valence-electron chi connectivity index (χ3n) is 4.06. The van der Waals surface area contributed by atoms with Crippen LogP contribution in [0.1, 0.15) is 31.4 Å². The number of aryl methyl sites for hydroxylation is 2. The van der Waals surface area contributed by atoms with E-state index < -0.39 is 0 Å². The summed E-state index contributed by atoms with van der Waals surface area (Å²) in [4.78, 5) is 26.1. The lowest BCUT2D eigenvalue weighted by atomic mass is 10.0. The number of nitrogens with one attached hydrogen (secondary N) is 1. The fourth-order valence-electron chi connectivity index (χ4n) is 2.88. The summed E-state index contributed by atoms with van der Waals surface area (Å²) in [7, 11) is 0. The maximum atomic E-state index is 12.3. The van der Waals surface area contributed by atoms with E-state index in [2.05, 4.69) is 5.32 Å². The molecule has 138 valence electrons. The highest BCUT2D eigenvalue weighted by molar-refractivity contribution is 6.35. The Labute approximate surface area is 164 Å². The second-order valence-corrected chi connectivity index (χ2v) is 6.94. The quantitative estimate of drug-likeness (QED) is 0.729. The highest BCUT2D eigenvalue weighted by Gasteiger charge is 2.18. The van der Waals surface area contributed by atoms with E-state index in [4.69, 9.17) is 23.2 Å². The lowest BCUT2D eigenvalue weighted by molar-refractivity contribution is -0.117. The topological polar surface area (TPSA) is 49.4 Å². The van der Waals surface area contributed by atoms with Crippen molar-refractivity contribution in [2.24, 2.45) is 0 Å². The van der Waals surface area contributed by atoms with Gasteiger partial charge in [-0.15, -0.1) is 0 Å². The van der Waals surface area contributed by atoms with Gasteiger partial charge in [-0.25, -0.2) is 0 Å². The number of anilines is 2. The first-order chi connectivity index (χ1) is 12.3. The predicted octanol–water partition coefficient (Wildman–Crippen LogP) is 5.25. The van der Waals surface area contributed by atoms with Crippen LogP contribution in [0.25, 0.3) is 0 Å². The van der Waals surface area contributed by atoms with Gasteiger partial charge in [-0.1, -0.05) is 48.3 Å². The minimum atomic E-state index is -0.207. The van der Waals surface area contributed by atoms with Crippen molar-refractivity contribution in [3.05, 3.63) is 57.6 Å². The smallest absolute Gasteiger partial charge is 0.226 e. The monoisotopic (exact) mass is 392 g/mol. The van der Waals surface area contributed by atoms with Gasteiger partial charge in [-0.05, 0) is 42.7 Å². The van der Waals surface area contributed by atoms with E-state index in [9.17, 15) is 9.59 Å². The van der Waals surface area contributed by atoms with Crippen LogP contribution in [-0.2, 0) is 16.0 Å². The zero-order valence-corrected chi connectivity index (χ0v) is 16.6. The molecule has 0 unspecified atom stereocenters. The molecule has 2 rings (SSSR count). The maximum absolute atomic E-state index is 12.3. The normalized spacial score (nSPS) is 10.5. The van der Waals surface area contributed by atoms with Crippen molar-refractivity contribution in [1.29, 1.82) is 0 Å². The molecule has 0 aliphatic rings. The first-order valence-electron chi connectivity index (χ1n) is 8.44. The van der Waals surface area contributed by atoms with Crippen LogP contribution in [0.15, 0.2) is 36.4 Å². The van der Waals surface area contributed by atoms with Crippen molar-refractivity contribution in [3.8, 4) is 0 Å². The van der Waals surface area contributed by atoms with Crippen molar-refractivity contribution >= 4 is 46.4 Å². The van der Waals surface area contributed by atoms with E-state index in [-0.39, 0.29) is 18.2 Å². The third-order valence-corrected chi connectivity index (χ3v) is 4.50. The molecule has 0 aliphatic carbocycles. The van der Waals surface area contributed by atoms with Gasteiger partial charge in [0.1, 0.15) is 0 Å². The van der Waals surface area contributed by atoms with Crippen LogP contribution in [0.5, 0.6) is 0 Å². The predicted molar refractivity (Wildman–Crippen MR) is 108 cm³/mol. The molecule has 0 spiro atoms. The number of benzene rings is 2. The Hall–Kier alpha value is -2.04. The fraction of sp³-hybridized carbons (Fsp3) is 0.300. The van der Waals surface area contributed by atoms with Gasteiger partial charge < -0.3 is 10.2 Å². The summed E-state index contributed by atoms with van der Waals surface area (Å²) in [5.41, 5.74) is 3.52. The molecule has 0 atom stereocenters. The molecule has 2 aromatic carbocycles. The summed E-state index contributed by atoms with van der Waals surface area (Å²) < 4.78 is 0. The molecule has 0 radical (unpaired) electrons. The molecule has 0 heterocycles. The second-order valence-electron chi connectivity index (χ2n) is 6.06. The minimum absolute atomic E-state index is 0.0902. The molecule has 1 N–H and O–H groups in total. The molecular weight excluding hydrogens is 371 g/mol. The number of hydrogen-bond acceptors (Lipinski definition) is 2.